The van der Waals surface area contributed by atoms with Gasteiger partial charge in [0.15, 0.2) is 17.5 Å². The summed E-state index contributed by atoms with van der Waals surface area (Å²) in [6.07, 6.45) is 19.0. The molecule has 3 aromatic carbocycles. The number of phenols is 2. The predicted molar refractivity (Wildman–Crippen MR) is 281 cm³/mol. The summed E-state index contributed by atoms with van der Waals surface area (Å²) < 4.78 is 20.1. The Morgan fingerprint density at radius 3 is 2.46 bits per heavy atom. The molecular weight excluding hydrogens is 891 g/mol. The van der Waals surface area contributed by atoms with Gasteiger partial charge in [0.05, 0.1) is 19.3 Å². The number of nitrogens with one attached hydrogen (secondary N) is 1. The molecule has 0 saturated heterocycles. The number of hydrogen-bond donors (Lipinski definition) is 7. The van der Waals surface area contributed by atoms with Crippen LogP contribution in [-0.2, 0) is 19.3 Å². The fourth-order valence-electron chi connectivity index (χ4n) is 14.4. The van der Waals surface area contributed by atoms with Gasteiger partial charge in [-0.15, -0.1) is 0 Å². The third-order valence-corrected chi connectivity index (χ3v) is 18.1. The number of nitrogens with zero attached hydrogens (tertiary/aromatic N) is 1. The zero-order chi connectivity index (χ0) is 50.0. The van der Waals surface area contributed by atoms with Crippen LogP contribution in [-0.4, -0.2) is 76.6 Å². The molecule has 12 rings (SSSR count). The number of phenolic OH excluding ortho intramolecular Hbond substituents is 2. The van der Waals surface area contributed by atoms with Crippen LogP contribution in [0.2, 0.25) is 0 Å². The molecule has 71 heavy (non-hydrogen) atoms. The van der Waals surface area contributed by atoms with E-state index in [1.54, 1.807) is 13.2 Å². The number of aliphatic hydroxyl groups is 3. The minimum Gasteiger partial charge on any atom is -0.508 e. The van der Waals surface area contributed by atoms with Gasteiger partial charge in [-0.25, -0.2) is 0 Å². The highest BCUT2D eigenvalue weighted by atomic mass is 16.5. The lowest BCUT2D eigenvalue weighted by molar-refractivity contribution is 0.0166. The molecule has 11 nitrogen and oxygen atoms in total. The van der Waals surface area contributed by atoms with Gasteiger partial charge in [-0.2, -0.15) is 0 Å². The Labute approximate surface area is 423 Å². The van der Waals surface area contributed by atoms with Crippen molar-refractivity contribution in [3.63, 3.8) is 0 Å². The predicted octanol–water partition coefficient (Wildman–Crippen LogP) is 10.8. The Morgan fingerprint density at radius 2 is 1.70 bits per heavy atom. The van der Waals surface area contributed by atoms with E-state index >= 15 is 0 Å². The second kappa shape index (κ2) is 22.3. The first-order valence-electron chi connectivity index (χ1n) is 27.7. The number of nitrogens with two attached hydrogens (primary N) is 1. The highest BCUT2D eigenvalue weighted by molar-refractivity contribution is 5.84. The summed E-state index contributed by atoms with van der Waals surface area (Å²) in [5.41, 5.74) is 13.5. The Balaban J connectivity index is 1.16. The molecule has 3 aromatic rings. The number of aromatic hydroxyl groups is 2. The molecule has 5 heterocycles. The zero-order valence-electron chi connectivity index (χ0n) is 43.4. The molecule has 0 radical (unpaired) electrons. The molecule has 4 aliphatic carbocycles. The maximum absolute atomic E-state index is 12.4. The number of aliphatic hydroxyl groups excluding tert-OH is 3. The molecule has 5 aliphatic heterocycles. The summed E-state index contributed by atoms with van der Waals surface area (Å²) in [5, 5.41) is 61.5. The van der Waals surface area contributed by atoms with E-state index in [0.717, 1.165) is 104 Å². The highest BCUT2D eigenvalue weighted by Crippen LogP contribution is 2.57. The quantitative estimate of drug-likeness (QED) is 0.0806. The Kier molecular flexibility index (Phi) is 16.2. The van der Waals surface area contributed by atoms with Crippen molar-refractivity contribution in [2.75, 3.05) is 26.8 Å². The van der Waals surface area contributed by atoms with E-state index in [1.165, 1.54) is 19.3 Å². The van der Waals surface area contributed by atoms with Crippen LogP contribution in [0, 0.1) is 46.8 Å². The first-order valence-corrected chi connectivity index (χ1v) is 27.7. The van der Waals surface area contributed by atoms with Gasteiger partial charge >= 0.3 is 0 Å². The summed E-state index contributed by atoms with van der Waals surface area (Å²) in [6.45, 7) is 10.2. The SMILES string of the molecule is CCCCCC(C)C1CC2C=CC1CC(O)CC1(CCCC1)CN=C(N)NCCC1C(CO)CCCC1Oc1cc(ccc1O)C1Oc3cc(OC)c4c(c3CC1O)C2Cc1cc(O)c(CC(C)C)cc1-4. The molecule has 1 spiro atoms. The van der Waals surface area contributed by atoms with Gasteiger partial charge in [-0.05, 0) is 170 Å². The number of rotatable bonds is 9. The Bertz CT molecular complexity index is 2370. The number of aliphatic imine (C=N–C) groups is 1. The standard InChI is InChI=1S/C60H85N3O8/c1-6-7-8-12-36(4)45-25-38-16-15-37(45)24-43(65)32-60(20-9-10-21-60)34-63-59(61)62-22-19-44-40(33-64)13-11-14-52(44)70-54-29-39(17-18-49(54)66)58-51(68)30-48-53(71-58)31-55(69-5)57-47-27-42(23-35(2)3)50(67)28-41(47)26-46(38)56(48)57/h15-18,27-29,31,35-38,40,43-46,51-52,58,64-68H,6-14,19-26,30,32-34H2,1-5H3,(H3,61,62,63). The molecule has 0 amide bonds. The smallest absolute Gasteiger partial charge is 0.188 e. The number of methoxy groups -OCH3 is 1. The summed E-state index contributed by atoms with van der Waals surface area (Å²) in [4.78, 5) is 4.95. The maximum Gasteiger partial charge on any atom is 0.188 e. The number of guanidine groups is 1. The van der Waals surface area contributed by atoms with Crippen LogP contribution in [0.25, 0.3) is 11.1 Å². The molecule has 0 aromatic heterocycles. The summed E-state index contributed by atoms with van der Waals surface area (Å²) >= 11 is 0. The average Bonchev–Trinajstić information content (AvgIpc) is 3.81. The molecular formula is C60H85N3O8. The molecule has 11 heteroatoms. The van der Waals surface area contributed by atoms with Crippen LogP contribution in [0.15, 0.2) is 53.5 Å². The zero-order valence-corrected chi connectivity index (χ0v) is 43.4. The number of hydrogen-bond acceptors (Lipinski definition) is 11. The molecule has 11 atom stereocenters. The summed E-state index contributed by atoms with van der Waals surface area (Å²) in [7, 11) is 1.72. The average molecular weight is 976 g/mol. The third kappa shape index (κ3) is 11.1. The van der Waals surface area contributed by atoms with Gasteiger partial charge < -0.3 is 50.8 Å². The van der Waals surface area contributed by atoms with Crippen LogP contribution < -0.4 is 25.3 Å². The second-order valence-corrected chi connectivity index (χ2v) is 23.4. The van der Waals surface area contributed by atoms with E-state index in [0.29, 0.717) is 91.0 Å². The first-order chi connectivity index (χ1) is 34.3. The minimum atomic E-state index is -0.907. The van der Waals surface area contributed by atoms with Gasteiger partial charge in [0.25, 0.3) is 0 Å². The Morgan fingerprint density at radius 1 is 0.901 bits per heavy atom. The van der Waals surface area contributed by atoms with Gasteiger partial charge in [-0.3, -0.25) is 4.99 Å². The normalized spacial score (nSPS) is 29.9. The Hall–Kier alpha value is -4.45. The fourth-order valence-corrected chi connectivity index (χ4v) is 14.4. The van der Waals surface area contributed by atoms with Crippen molar-refractivity contribution in [2.24, 2.45) is 57.6 Å². The van der Waals surface area contributed by atoms with E-state index in [-0.39, 0.29) is 53.5 Å². The van der Waals surface area contributed by atoms with Crippen molar-refractivity contribution in [1.29, 1.82) is 0 Å². The molecule has 388 valence electrons. The van der Waals surface area contributed by atoms with Crippen LogP contribution in [0.5, 0.6) is 28.7 Å². The molecule has 11 unspecified atom stereocenters. The van der Waals surface area contributed by atoms with E-state index < -0.39 is 18.3 Å². The number of benzene rings is 3. The summed E-state index contributed by atoms with van der Waals surface area (Å²) in [6, 6.07) is 11.4. The van der Waals surface area contributed by atoms with Crippen LogP contribution in [0.4, 0.5) is 0 Å². The molecule has 2 fully saturated rings. The monoisotopic (exact) mass is 976 g/mol. The number of ether oxygens (including phenoxy) is 3. The van der Waals surface area contributed by atoms with Crippen molar-refractivity contribution in [3.8, 4) is 39.9 Å². The van der Waals surface area contributed by atoms with Crippen LogP contribution >= 0.6 is 0 Å². The lowest BCUT2D eigenvalue weighted by atomic mass is 9.62. The largest absolute Gasteiger partial charge is 0.508 e. The lowest BCUT2D eigenvalue weighted by Crippen LogP contribution is -2.41. The first kappa shape index (κ1) is 51.5. The van der Waals surface area contributed by atoms with E-state index in [2.05, 4.69) is 51.2 Å². The minimum absolute atomic E-state index is 0.0000858. The molecule has 8 bridgehead atoms. The maximum atomic E-state index is 12.4. The lowest BCUT2D eigenvalue weighted by Gasteiger charge is -2.43. The van der Waals surface area contributed by atoms with Gasteiger partial charge in [0, 0.05) is 49.2 Å². The second-order valence-electron chi connectivity index (χ2n) is 23.4. The van der Waals surface area contributed by atoms with Crippen LogP contribution in [0.3, 0.4) is 0 Å². The van der Waals surface area contributed by atoms with Gasteiger partial charge in [0.1, 0.15) is 29.5 Å². The topological polar surface area (TPSA) is 179 Å². The van der Waals surface area contributed by atoms with Crippen molar-refractivity contribution in [3.05, 3.63) is 76.4 Å². The van der Waals surface area contributed by atoms with Crippen molar-refractivity contribution < 1.29 is 39.7 Å². The number of unbranched alkanes of at least 4 members (excludes halogenated alkanes) is 2. The molecule has 8 N–H and O–H groups in total. The van der Waals surface area contributed by atoms with Crippen LogP contribution in [0.1, 0.15) is 164 Å². The van der Waals surface area contributed by atoms with E-state index in [9.17, 15) is 25.5 Å². The van der Waals surface area contributed by atoms with E-state index in [4.69, 9.17) is 24.9 Å². The summed E-state index contributed by atoms with van der Waals surface area (Å²) in [5.74, 6) is 4.03. The van der Waals surface area contributed by atoms with Crippen molar-refractivity contribution in [2.45, 2.75) is 174 Å². The van der Waals surface area contributed by atoms with Crippen molar-refractivity contribution in [1.82, 2.24) is 5.32 Å². The molecule has 9 aliphatic rings. The number of allylic oxidation sites excluding steroid dienone is 2. The van der Waals surface area contributed by atoms with Crippen molar-refractivity contribution >= 4 is 5.96 Å². The van der Waals surface area contributed by atoms with Gasteiger partial charge in [-0.1, -0.05) is 84.4 Å². The number of fused-ring (bicyclic) bond motifs is 2. The third-order valence-electron chi connectivity index (χ3n) is 18.1. The highest BCUT2D eigenvalue weighted by Gasteiger charge is 2.44. The fraction of sp³-hybridized carbons (Fsp3) is 0.650. The van der Waals surface area contributed by atoms with E-state index in [1.807, 2.05) is 24.3 Å². The van der Waals surface area contributed by atoms with Gasteiger partial charge in [0.2, 0.25) is 0 Å². The molecule has 2 saturated carbocycles.